The number of hydrogen-bond donors (Lipinski definition) is 1. The largest absolute Gasteiger partial charge is 0.291 e. The zero-order valence-electron chi connectivity index (χ0n) is 14.8. The summed E-state index contributed by atoms with van der Waals surface area (Å²) < 4.78 is 2.76. The number of halogens is 1. The first kappa shape index (κ1) is 18.8. The number of benzene rings is 2. The number of carbonyl (C=O) groups is 1. The Kier molecular flexibility index (Phi) is 6.33. The number of rotatable bonds is 6. The fourth-order valence-electron chi connectivity index (χ4n) is 2.36. The van der Waals surface area contributed by atoms with Gasteiger partial charge < -0.3 is 0 Å². The van der Waals surface area contributed by atoms with Gasteiger partial charge in [-0.25, -0.2) is 5.43 Å². The smallest absolute Gasteiger partial charge is 0.268 e. The average molecular weight is 423 g/mol. The van der Waals surface area contributed by atoms with E-state index in [0.29, 0.717) is 18.0 Å². The zero-order chi connectivity index (χ0) is 19.1. The maximum absolute atomic E-state index is 12.2. The van der Waals surface area contributed by atoms with Crippen LogP contribution >= 0.6 is 15.9 Å². The number of nitrogens with zero attached hydrogens (tertiary/aromatic N) is 3. The molecule has 3 rings (SSSR count). The Morgan fingerprint density at radius 2 is 1.89 bits per heavy atom. The van der Waals surface area contributed by atoms with Gasteiger partial charge in [-0.1, -0.05) is 64.5 Å². The minimum atomic E-state index is -0.336. The molecule has 1 N–H and O–H groups in total. The molecule has 0 saturated carbocycles. The van der Waals surface area contributed by atoms with Crippen molar-refractivity contribution in [3.05, 3.63) is 94.2 Å². The summed E-state index contributed by atoms with van der Waals surface area (Å²) in [4.78, 5) is 12.2. The third-order valence-electron chi connectivity index (χ3n) is 3.78. The molecule has 0 radical (unpaired) electrons. The van der Waals surface area contributed by atoms with Crippen molar-refractivity contribution in [2.75, 3.05) is 0 Å². The van der Waals surface area contributed by atoms with Crippen LogP contribution in [0.15, 0.2) is 82.5 Å². The van der Waals surface area contributed by atoms with Crippen LogP contribution in [0.4, 0.5) is 0 Å². The van der Waals surface area contributed by atoms with Crippen molar-refractivity contribution in [3.8, 4) is 0 Å². The molecule has 0 spiro atoms. The molecule has 1 aromatic heterocycles. The molecule has 0 bridgehead atoms. The molecular weight excluding hydrogens is 404 g/mol. The Labute approximate surface area is 166 Å². The molecule has 0 fully saturated rings. The molecule has 5 nitrogen and oxygen atoms in total. The van der Waals surface area contributed by atoms with Crippen LogP contribution in [0, 0.1) is 0 Å². The van der Waals surface area contributed by atoms with E-state index in [1.165, 1.54) is 0 Å². The maximum atomic E-state index is 12.2. The second kappa shape index (κ2) is 9.09. The van der Waals surface area contributed by atoms with E-state index < -0.39 is 0 Å². The molecule has 0 saturated heterocycles. The number of hydrogen-bond acceptors (Lipinski definition) is 3. The van der Waals surface area contributed by atoms with Crippen molar-refractivity contribution >= 4 is 33.6 Å². The van der Waals surface area contributed by atoms with E-state index in [2.05, 4.69) is 31.6 Å². The van der Waals surface area contributed by atoms with Gasteiger partial charge in [0.15, 0.2) is 5.69 Å². The van der Waals surface area contributed by atoms with Crippen LogP contribution in [0.2, 0.25) is 0 Å². The molecule has 0 aliphatic heterocycles. The van der Waals surface area contributed by atoms with E-state index in [9.17, 15) is 4.79 Å². The molecular formula is C21H19BrN4O. The molecule has 3 aromatic rings. The molecule has 1 heterocycles. The molecule has 0 aliphatic rings. The van der Waals surface area contributed by atoms with Gasteiger partial charge in [0.25, 0.3) is 5.91 Å². The van der Waals surface area contributed by atoms with Crippen LogP contribution in [0.5, 0.6) is 0 Å². The Morgan fingerprint density at radius 1 is 1.15 bits per heavy atom. The van der Waals surface area contributed by atoms with Crippen LogP contribution in [0.25, 0.3) is 6.08 Å². The van der Waals surface area contributed by atoms with Gasteiger partial charge in [-0.3, -0.25) is 9.48 Å². The maximum Gasteiger partial charge on any atom is 0.291 e. The van der Waals surface area contributed by atoms with E-state index in [0.717, 1.165) is 15.6 Å². The summed E-state index contributed by atoms with van der Waals surface area (Å²) in [6.45, 7) is 2.43. The highest BCUT2D eigenvalue weighted by Crippen LogP contribution is 2.11. The van der Waals surface area contributed by atoms with Crippen molar-refractivity contribution in [3.63, 3.8) is 0 Å². The highest BCUT2D eigenvalue weighted by atomic mass is 79.9. The number of carbonyl (C=O) groups excluding carboxylic acids is 1. The summed E-state index contributed by atoms with van der Waals surface area (Å²) in [6.07, 6.45) is 5.57. The molecule has 2 aromatic carbocycles. The van der Waals surface area contributed by atoms with Gasteiger partial charge in [0.2, 0.25) is 0 Å². The predicted octanol–water partition coefficient (Wildman–Crippen LogP) is 4.51. The lowest BCUT2D eigenvalue weighted by molar-refractivity contribution is 0.0949. The molecule has 6 heteroatoms. The third kappa shape index (κ3) is 5.76. The Bertz CT molecular complexity index is 959. The number of nitrogens with one attached hydrogen (secondary N) is 1. The fourth-order valence-corrected chi connectivity index (χ4v) is 2.63. The molecule has 136 valence electrons. The first-order chi connectivity index (χ1) is 13.1. The Morgan fingerprint density at radius 3 is 2.63 bits per heavy atom. The minimum Gasteiger partial charge on any atom is -0.268 e. The third-order valence-corrected chi connectivity index (χ3v) is 4.31. The van der Waals surface area contributed by atoms with E-state index >= 15 is 0 Å². The van der Waals surface area contributed by atoms with Crippen molar-refractivity contribution in [2.24, 2.45) is 5.10 Å². The van der Waals surface area contributed by atoms with Crippen LogP contribution in [0.3, 0.4) is 0 Å². The normalized spacial score (nSPS) is 11.7. The summed E-state index contributed by atoms with van der Waals surface area (Å²) in [7, 11) is 0. The highest BCUT2D eigenvalue weighted by molar-refractivity contribution is 9.10. The lowest BCUT2D eigenvalue weighted by Crippen LogP contribution is -2.19. The first-order valence-corrected chi connectivity index (χ1v) is 9.25. The second-order valence-corrected chi connectivity index (χ2v) is 6.88. The van der Waals surface area contributed by atoms with Crippen LogP contribution in [-0.4, -0.2) is 21.4 Å². The van der Waals surface area contributed by atoms with Gasteiger partial charge in [0, 0.05) is 10.7 Å². The van der Waals surface area contributed by atoms with E-state index in [1.807, 2.05) is 73.7 Å². The summed E-state index contributed by atoms with van der Waals surface area (Å²) in [6, 6.07) is 19.6. The van der Waals surface area contributed by atoms with Gasteiger partial charge in [0.05, 0.1) is 12.3 Å². The van der Waals surface area contributed by atoms with E-state index in [-0.39, 0.29) is 5.91 Å². The summed E-state index contributed by atoms with van der Waals surface area (Å²) in [5, 5.41) is 8.40. The molecule has 0 atom stereocenters. The zero-order valence-corrected chi connectivity index (χ0v) is 16.4. The lowest BCUT2D eigenvalue weighted by Gasteiger charge is -2.02. The predicted molar refractivity (Wildman–Crippen MR) is 112 cm³/mol. The van der Waals surface area contributed by atoms with Gasteiger partial charge in [-0.05, 0) is 42.3 Å². The van der Waals surface area contributed by atoms with Crippen molar-refractivity contribution in [1.82, 2.24) is 15.2 Å². The topological polar surface area (TPSA) is 59.3 Å². The number of amides is 1. The fraction of sp³-hybridized carbons (Fsp3) is 0.0952. The molecule has 1 amide bonds. The van der Waals surface area contributed by atoms with Gasteiger partial charge in [-0.15, -0.1) is 0 Å². The van der Waals surface area contributed by atoms with Crippen molar-refractivity contribution in [1.29, 1.82) is 0 Å². The molecule has 0 aliphatic carbocycles. The van der Waals surface area contributed by atoms with Crippen LogP contribution in [0.1, 0.15) is 28.5 Å². The quantitative estimate of drug-likeness (QED) is 0.469. The van der Waals surface area contributed by atoms with Crippen LogP contribution < -0.4 is 5.43 Å². The number of allylic oxidation sites excluding steroid dienone is 1. The summed E-state index contributed by atoms with van der Waals surface area (Å²) in [5.41, 5.74) is 5.74. The number of hydrazone groups is 1. The van der Waals surface area contributed by atoms with Gasteiger partial charge in [-0.2, -0.15) is 10.2 Å². The Balaban J connectivity index is 1.57. The molecule has 0 unspecified atom stereocenters. The van der Waals surface area contributed by atoms with Crippen LogP contribution in [-0.2, 0) is 6.54 Å². The standard InChI is InChI=1S/C21H19BrN4O/c1-16(7-8-17-5-3-2-4-6-17)23-24-21(27)20-13-14-26(25-20)15-18-9-11-19(22)12-10-18/h2-14H,15H2,1H3,(H,24,27)/b8-7+,23-16-. The average Bonchev–Trinajstić information content (AvgIpc) is 3.16. The Hall–Kier alpha value is -2.99. The summed E-state index contributed by atoms with van der Waals surface area (Å²) in [5.74, 6) is -0.336. The lowest BCUT2D eigenvalue weighted by atomic mass is 10.2. The molecule has 27 heavy (non-hydrogen) atoms. The highest BCUT2D eigenvalue weighted by Gasteiger charge is 2.08. The van der Waals surface area contributed by atoms with Crippen molar-refractivity contribution < 1.29 is 4.79 Å². The monoisotopic (exact) mass is 422 g/mol. The van der Waals surface area contributed by atoms with Crippen molar-refractivity contribution in [2.45, 2.75) is 13.5 Å². The number of aromatic nitrogens is 2. The van der Waals surface area contributed by atoms with Gasteiger partial charge >= 0.3 is 0 Å². The van der Waals surface area contributed by atoms with Gasteiger partial charge in [0.1, 0.15) is 0 Å². The second-order valence-electron chi connectivity index (χ2n) is 5.96. The van der Waals surface area contributed by atoms with E-state index in [1.54, 1.807) is 16.9 Å². The summed E-state index contributed by atoms with van der Waals surface area (Å²) >= 11 is 3.41. The minimum absolute atomic E-state index is 0.329. The SMILES string of the molecule is CC(/C=C/c1ccccc1)=N/NC(=O)c1ccn(Cc2ccc(Br)cc2)n1. The van der Waals surface area contributed by atoms with E-state index in [4.69, 9.17) is 0 Å². The first-order valence-electron chi connectivity index (χ1n) is 8.46.